The Kier molecular flexibility index (Phi) is 7.68. The molecule has 0 amide bonds. The van der Waals surface area contributed by atoms with Crippen LogP contribution in [0.25, 0.3) is 0 Å². The molecule has 2 aromatic rings. The number of benzene rings is 2. The van der Waals surface area contributed by atoms with Crippen molar-refractivity contribution in [2.24, 2.45) is 5.73 Å². The lowest BCUT2D eigenvalue weighted by Crippen LogP contribution is -2.25. The average Bonchev–Trinajstić information content (AvgIpc) is 2.82. The van der Waals surface area contributed by atoms with Crippen molar-refractivity contribution in [1.82, 2.24) is 0 Å². The van der Waals surface area contributed by atoms with E-state index in [2.05, 4.69) is 6.07 Å². The highest BCUT2D eigenvalue weighted by Crippen LogP contribution is 2.45. The van der Waals surface area contributed by atoms with Gasteiger partial charge in [0, 0.05) is 5.56 Å². The predicted molar refractivity (Wildman–Crippen MR) is 123 cm³/mol. The molecule has 0 fully saturated rings. The van der Waals surface area contributed by atoms with Gasteiger partial charge in [-0.25, -0.2) is 4.79 Å². The third kappa shape index (κ3) is 4.78. The standard InChI is InChI=1S/C25H22ClN3O5/c1-4-32-25(30)21-14(2)34-24(29)18(12-28)22(21)17-9-19(26)23(20(10-17)31-3)33-13-16-8-6-5-7-15(16)11-27/h5-10,22H,4,13,29H2,1-3H3/t22-/m1/s1. The van der Waals surface area contributed by atoms with Crippen molar-refractivity contribution in [2.75, 3.05) is 13.7 Å². The van der Waals surface area contributed by atoms with E-state index < -0.39 is 11.9 Å². The number of nitrogens with zero attached hydrogens (tertiary/aromatic N) is 2. The van der Waals surface area contributed by atoms with Gasteiger partial charge in [0.05, 0.1) is 41.9 Å². The number of rotatable bonds is 7. The molecule has 0 bridgehead atoms. The van der Waals surface area contributed by atoms with Gasteiger partial charge in [-0.05, 0) is 37.6 Å². The summed E-state index contributed by atoms with van der Waals surface area (Å²) in [7, 11) is 1.44. The van der Waals surface area contributed by atoms with Gasteiger partial charge in [0.25, 0.3) is 0 Å². The van der Waals surface area contributed by atoms with Gasteiger partial charge in [-0.2, -0.15) is 10.5 Å². The molecular weight excluding hydrogens is 458 g/mol. The zero-order valence-electron chi connectivity index (χ0n) is 18.8. The SMILES string of the molecule is CCOC(=O)C1=C(C)OC(N)=C(C#N)[C@H]1c1cc(Cl)c(OCc2ccccc2C#N)c(OC)c1. The molecule has 174 valence electrons. The third-order valence-corrected chi connectivity index (χ3v) is 5.48. The van der Waals surface area contributed by atoms with Crippen molar-refractivity contribution in [1.29, 1.82) is 10.5 Å². The number of carbonyl (C=O) groups is 1. The Labute approximate surface area is 202 Å². The topological polar surface area (TPSA) is 128 Å². The molecule has 2 aromatic carbocycles. The molecule has 0 unspecified atom stereocenters. The van der Waals surface area contributed by atoms with Gasteiger partial charge in [-0.3, -0.25) is 0 Å². The Balaban J connectivity index is 2.06. The summed E-state index contributed by atoms with van der Waals surface area (Å²) in [5, 5.41) is 19.2. The second-order valence-corrected chi connectivity index (χ2v) is 7.61. The van der Waals surface area contributed by atoms with Crippen molar-refractivity contribution < 1.29 is 23.7 Å². The molecule has 8 nitrogen and oxygen atoms in total. The number of nitriles is 2. The number of hydrogen-bond acceptors (Lipinski definition) is 8. The van der Waals surface area contributed by atoms with Crippen molar-refractivity contribution in [3.05, 3.63) is 80.9 Å². The van der Waals surface area contributed by atoms with Crippen LogP contribution in [-0.2, 0) is 20.9 Å². The van der Waals surface area contributed by atoms with Crippen molar-refractivity contribution in [3.63, 3.8) is 0 Å². The van der Waals surface area contributed by atoms with Crippen LogP contribution in [0.5, 0.6) is 11.5 Å². The Bertz CT molecular complexity index is 1270. The molecule has 0 aliphatic carbocycles. The first-order valence-electron chi connectivity index (χ1n) is 10.3. The molecule has 9 heteroatoms. The van der Waals surface area contributed by atoms with Gasteiger partial charge in [0.2, 0.25) is 5.88 Å². The van der Waals surface area contributed by atoms with Gasteiger partial charge in [0.15, 0.2) is 11.5 Å². The van der Waals surface area contributed by atoms with Gasteiger partial charge >= 0.3 is 5.97 Å². The summed E-state index contributed by atoms with van der Waals surface area (Å²) in [6.07, 6.45) is 0. The Hall–Kier alpha value is -4.14. The highest BCUT2D eigenvalue weighted by Gasteiger charge is 2.37. The Morgan fingerprint density at radius 3 is 2.62 bits per heavy atom. The Morgan fingerprint density at radius 2 is 1.97 bits per heavy atom. The maximum Gasteiger partial charge on any atom is 0.338 e. The third-order valence-electron chi connectivity index (χ3n) is 5.20. The molecule has 2 N–H and O–H groups in total. The number of ether oxygens (including phenoxy) is 4. The van der Waals surface area contributed by atoms with E-state index >= 15 is 0 Å². The molecule has 3 rings (SSSR count). The normalized spacial score (nSPS) is 15.2. The molecule has 1 heterocycles. The van der Waals surface area contributed by atoms with Crippen LogP contribution in [0, 0.1) is 22.7 Å². The summed E-state index contributed by atoms with van der Waals surface area (Å²) in [5.74, 6) is -0.863. The lowest BCUT2D eigenvalue weighted by molar-refractivity contribution is -0.139. The smallest absolute Gasteiger partial charge is 0.338 e. The summed E-state index contributed by atoms with van der Waals surface area (Å²) >= 11 is 6.56. The van der Waals surface area contributed by atoms with E-state index in [1.54, 1.807) is 50.2 Å². The fourth-order valence-corrected chi connectivity index (χ4v) is 3.91. The first-order valence-corrected chi connectivity index (χ1v) is 10.7. The lowest BCUT2D eigenvalue weighted by Gasteiger charge is -2.27. The van der Waals surface area contributed by atoms with Crippen LogP contribution >= 0.6 is 11.6 Å². The number of halogens is 1. The molecule has 0 saturated carbocycles. The van der Waals surface area contributed by atoms with E-state index in [1.807, 2.05) is 6.07 Å². The number of allylic oxidation sites excluding steroid dienone is 2. The van der Waals surface area contributed by atoms with Crippen LogP contribution in [0.2, 0.25) is 5.02 Å². The second-order valence-electron chi connectivity index (χ2n) is 7.21. The molecule has 1 aliphatic rings. The van der Waals surface area contributed by atoms with E-state index in [9.17, 15) is 15.3 Å². The van der Waals surface area contributed by atoms with Crippen LogP contribution in [0.3, 0.4) is 0 Å². The number of esters is 1. The van der Waals surface area contributed by atoms with Crippen LogP contribution in [0.15, 0.2) is 59.2 Å². The predicted octanol–water partition coefficient (Wildman–Crippen LogP) is 4.44. The fraction of sp³-hybridized carbons (Fsp3) is 0.240. The minimum atomic E-state index is -0.877. The largest absolute Gasteiger partial charge is 0.493 e. The van der Waals surface area contributed by atoms with Crippen molar-refractivity contribution >= 4 is 17.6 Å². The lowest BCUT2D eigenvalue weighted by atomic mass is 9.83. The molecular formula is C25H22ClN3O5. The molecule has 1 atom stereocenters. The molecule has 1 aliphatic heterocycles. The summed E-state index contributed by atoms with van der Waals surface area (Å²) in [4.78, 5) is 12.7. The maximum atomic E-state index is 12.7. The number of hydrogen-bond donors (Lipinski definition) is 1. The van der Waals surface area contributed by atoms with Gasteiger partial charge in [-0.15, -0.1) is 0 Å². The van der Waals surface area contributed by atoms with E-state index in [4.69, 9.17) is 36.3 Å². The maximum absolute atomic E-state index is 12.7. The van der Waals surface area contributed by atoms with Crippen molar-refractivity contribution in [3.8, 4) is 23.6 Å². The first kappa shape index (κ1) is 24.5. The van der Waals surface area contributed by atoms with Crippen LogP contribution in [-0.4, -0.2) is 19.7 Å². The summed E-state index contributed by atoms with van der Waals surface area (Å²) in [6.45, 7) is 3.48. The molecule has 0 aromatic heterocycles. The minimum absolute atomic E-state index is 0.0448. The van der Waals surface area contributed by atoms with E-state index in [-0.39, 0.29) is 52.5 Å². The van der Waals surface area contributed by atoms with E-state index in [0.29, 0.717) is 16.7 Å². The highest BCUT2D eigenvalue weighted by molar-refractivity contribution is 6.32. The molecule has 0 spiro atoms. The number of methoxy groups -OCH3 is 1. The minimum Gasteiger partial charge on any atom is -0.493 e. The molecule has 0 saturated heterocycles. The molecule has 0 radical (unpaired) electrons. The summed E-state index contributed by atoms with van der Waals surface area (Å²) in [5.41, 5.74) is 7.77. The zero-order valence-corrected chi connectivity index (χ0v) is 19.6. The van der Waals surface area contributed by atoms with Gasteiger partial charge < -0.3 is 24.7 Å². The number of carbonyl (C=O) groups excluding carboxylic acids is 1. The van der Waals surface area contributed by atoms with E-state index in [1.165, 1.54) is 7.11 Å². The van der Waals surface area contributed by atoms with E-state index in [0.717, 1.165) is 0 Å². The van der Waals surface area contributed by atoms with Crippen LogP contribution in [0.4, 0.5) is 0 Å². The van der Waals surface area contributed by atoms with Gasteiger partial charge in [-0.1, -0.05) is 29.8 Å². The second kappa shape index (κ2) is 10.7. The van der Waals surface area contributed by atoms with Crippen LogP contribution < -0.4 is 15.2 Å². The fourth-order valence-electron chi connectivity index (χ4n) is 3.64. The number of nitrogens with two attached hydrogens (primary N) is 1. The summed E-state index contributed by atoms with van der Waals surface area (Å²) < 4.78 is 22.0. The van der Waals surface area contributed by atoms with Crippen molar-refractivity contribution in [2.45, 2.75) is 26.4 Å². The quantitative estimate of drug-likeness (QED) is 0.577. The Morgan fingerprint density at radius 1 is 1.24 bits per heavy atom. The zero-order chi connectivity index (χ0) is 24.8. The highest BCUT2D eigenvalue weighted by atomic mass is 35.5. The first-order chi connectivity index (χ1) is 16.4. The monoisotopic (exact) mass is 479 g/mol. The summed E-state index contributed by atoms with van der Waals surface area (Å²) in [6, 6.07) is 14.4. The van der Waals surface area contributed by atoms with Crippen LogP contribution in [0.1, 0.15) is 36.5 Å². The molecule has 34 heavy (non-hydrogen) atoms. The average molecular weight is 480 g/mol. The van der Waals surface area contributed by atoms with Gasteiger partial charge in [0.1, 0.15) is 24.0 Å².